The lowest BCUT2D eigenvalue weighted by molar-refractivity contribution is 0.207. The van der Waals surface area contributed by atoms with Crippen LogP contribution in [0.4, 0.5) is 5.82 Å². The molecule has 1 aromatic carbocycles. The van der Waals surface area contributed by atoms with Gasteiger partial charge in [-0.25, -0.2) is 4.98 Å². The maximum atomic E-state index is 9.29. The van der Waals surface area contributed by atoms with E-state index in [0.29, 0.717) is 5.56 Å². The van der Waals surface area contributed by atoms with E-state index in [-0.39, 0.29) is 0 Å². The Labute approximate surface area is 157 Å². The summed E-state index contributed by atoms with van der Waals surface area (Å²) < 4.78 is 5.10. The van der Waals surface area contributed by atoms with Crippen molar-refractivity contribution in [1.29, 1.82) is 5.26 Å². The monoisotopic (exact) mass is 364 g/mol. The number of nitrogens with zero attached hydrogens (tertiary/aromatic N) is 6. The Balaban J connectivity index is 1.51. The van der Waals surface area contributed by atoms with Gasteiger partial charge in [0.15, 0.2) is 4.77 Å². The fourth-order valence-corrected chi connectivity index (χ4v) is 3.79. The highest BCUT2D eigenvalue weighted by Gasteiger charge is 2.21. The summed E-state index contributed by atoms with van der Waals surface area (Å²) in [4.78, 5) is 8.99. The number of nitriles is 1. The summed E-state index contributed by atoms with van der Waals surface area (Å²) in [5.41, 5.74) is 2.96. The fraction of sp³-hybridized carbons (Fsp3) is 0.316. The number of hydrogen-bond acceptors (Lipinski definition) is 5. The van der Waals surface area contributed by atoms with Crippen LogP contribution in [0.1, 0.15) is 5.56 Å². The number of rotatable bonds is 3. The summed E-state index contributed by atoms with van der Waals surface area (Å²) in [6.45, 7) is 4.30. The Morgan fingerprint density at radius 2 is 1.81 bits per heavy atom. The minimum Gasteiger partial charge on any atom is -0.353 e. The van der Waals surface area contributed by atoms with Crippen molar-refractivity contribution >= 4 is 29.1 Å². The van der Waals surface area contributed by atoms with Crippen molar-refractivity contribution in [3.05, 3.63) is 52.9 Å². The van der Waals surface area contributed by atoms with E-state index >= 15 is 0 Å². The minimum atomic E-state index is 0.636. The van der Waals surface area contributed by atoms with Gasteiger partial charge in [-0.05, 0) is 36.5 Å². The number of aryl methyl sites for hydroxylation is 1. The van der Waals surface area contributed by atoms with Gasteiger partial charge in [-0.15, -0.1) is 0 Å². The molecule has 3 aromatic rings. The first-order valence-corrected chi connectivity index (χ1v) is 9.06. The van der Waals surface area contributed by atoms with Crippen molar-refractivity contribution in [3.63, 3.8) is 0 Å². The highest BCUT2D eigenvalue weighted by molar-refractivity contribution is 7.71. The molecule has 1 saturated heterocycles. The second-order valence-electron chi connectivity index (χ2n) is 6.49. The lowest BCUT2D eigenvalue weighted by Gasteiger charge is -2.35. The van der Waals surface area contributed by atoms with Crippen molar-refractivity contribution in [2.24, 2.45) is 7.05 Å². The molecule has 0 aliphatic carbocycles. The van der Waals surface area contributed by atoms with Gasteiger partial charge >= 0.3 is 0 Å². The molecule has 0 radical (unpaired) electrons. The van der Waals surface area contributed by atoms with Gasteiger partial charge in [0, 0.05) is 39.4 Å². The normalized spacial score (nSPS) is 15.3. The van der Waals surface area contributed by atoms with Crippen LogP contribution in [0, 0.1) is 16.1 Å². The predicted octanol–water partition coefficient (Wildman–Crippen LogP) is 2.76. The van der Waals surface area contributed by atoms with E-state index in [1.54, 1.807) is 12.3 Å². The van der Waals surface area contributed by atoms with E-state index in [9.17, 15) is 5.26 Å². The van der Waals surface area contributed by atoms with Gasteiger partial charge in [-0.1, -0.05) is 12.1 Å². The summed E-state index contributed by atoms with van der Waals surface area (Å²) in [5, 5.41) is 9.29. The van der Waals surface area contributed by atoms with Gasteiger partial charge in [0.05, 0.1) is 23.3 Å². The molecule has 2 aromatic heterocycles. The molecule has 1 fully saturated rings. The largest absolute Gasteiger partial charge is 0.353 e. The Kier molecular flexibility index (Phi) is 4.45. The first-order valence-electron chi connectivity index (χ1n) is 8.65. The molecule has 0 saturated carbocycles. The quantitative estimate of drug-likeness (QED) is 0.669. The van der Waals surface area contributed by atoms with Crippen LogP contribution in [0.25, 0.3) is 11.0 Å². The van der Waals surface area contributed by atoms with Crippen molar-refractivity contribution in [3.8, 4) is 6.07 Å². The molecule has 1 aliphatic rings. The van der Waals surface area contributed by atoms with Crippen molar-refractivity contribution in [1.82, 2.24) is 19.0 Å². The van der Waals surface area contributed by atoms with Gasteiger partial charge in [0.2, 0.25) is 0 Å². The van der Waals surface area contributed by atoms with Crippen LogP contribution in [0.2, 0.25) is 0 Å². The first kappa shape index (κ1) is 16.8. The van der Waals surface area contributed by atoms with Crippen molar-refractivity contribution in [2.75, 3.05) is 31.1 Å². The Morgan fingerprint density at radius 1 is 1.08 bits per heavy atom. The maximum absolute atomic E-state index is 9.29. The van der Waals surface area contributed by atoms with Crippen LogP contribution in [-0.4, -0.2) is 45.2 Å². The molecule has 0 atom stereocenters. The zero-order valence-corrected chi connectivity index (χ0v) is 15.5. The van der Waals surface area contributed by atoms with Crippen LogP contribution in [0.15, 0.2) is 42.6 Å². The molecule has 132 valence electrons. The highest BCUT2D eigenvalue weighted by atomic mass is 32.1. The molecule has 3 heterocycles. The molecule has 7 heteroatoms. The number of fused-ring (bicyclic) bond motifs is 1. The van der Waals surface area contributed by atoms with Crippen LogP contribution < -0.4 is 4.90 Å². The van der Waals surface area contributed by atoms with Crippen LogP contribution in [0.5, 0.6) is 0 Å². The molecule has 6 nitrogen and oxygen atoms in total. The first-order chi connectivity index (χ1) is 12.7. The average Bonchev–Trinajstić information content (AvgIpc) is 2.94. The fourth-order valence-electron chi connectivity index (χ4n) is 3.54. The molecular formula is C19H20N6S. The average molecular weight is 364 g/mol. The Bertz CT molecular complexity index is 1040. The summed E-state index contributed by atoms with van der Waals surface area (Å²) in [6, 6.07) is 14.2. The zero-order valence-electron chi connectivity index (χ0n) is 14.7. The predicted molar refractivity (Wildman–Crippen MR) is 104 cm³/mol. The van der Waals surface area contributed by atoms with E-state index in [0.717, 1.165) is 49.0 Å². The lowest BCUT2D eigenvalue weighted by atomic mass is 10.2. The van der Waals surface area contributed by atoms with Crippen LogP contribution >= 0.6 is 12.2 Å². The number of piperazine rings is 1. The number of aromatic nitrogens is 3. The van der Waals surface area contributed by atoms with Gasteiger partial charge in [-0.3, -0.25) is 4.90 Å². The van der Waals surface area contributed by atoms with Gasteiger partial charge in [-0.2, -0.15) is 5.26 Å². The second-order valence-corrected chi connectivity index (χ2v) is 6.86. The lowest BCUT2D eigenvalue weighted by Crippen LogP contribution is -2.47. The summed E-state index contributed by atoms with van der Waals surface area (Å²) in [6.07, 6.45) is 1.75. The molecule has 4 rings (SSSR count). The van der Waals surface area contributed by atoms with E-state index in [1.807, 2.05) is 19.2 Å². The molecule has 0 N–H and O–H groups in total. The molecule has 1 aliphatic heterocycles. The summed E-state index contributed by atoms with van der Waals surface area (Å²) >= 11 is 5.64. The number of hydrogen-bond donors (Lipinski definition) is 0. The van der Waals surface area contributed by atoms with E-state index < -0.39 is 0 Å². The van der Waals surface area contributed by atoms with E-state index in [1.165, 1.54) is 5.52 Å². The number of imidazole rings is 1. The maximum Gasteiger partial charge on any atom is 0.181 e. The number of pyridine rings is 1. The number of para-hydroxylation sites is 2. The third-order valence-corrected chi connectivity index (χ3v) is 5.47. The van der Waals surface area contributed by atoms with Crippen LogP contribution in [-0.2, 0) is 13.7 Å². The number of anilines is 1. The van der Waals surface area contributed by atoms with Gasteiger partial charge in [0.25, 0.3) is 0 Å². The molecule has 26 heavy (non-hydrogen) atoms. The zero-order chi connectivity index (χ0) is 18.1. The third-order valence-electron chi connectivity index (χ3n) is 4.97. The second kappa shape index (κ2) is 6.90. The summed E-state index contributed by atoms with van der Waals surface area (Å²) in [7, 11) is 2.02. The molecule has 0 amide bonds. The van der Waals surface area contributed by atoms with E-state index in [2.05, 4.69) is 48.2 Å². The molecule has 0 bridgehead atoms. The minimum absolute atomic E-state index is 0.636. The van der Waals surface area contributed by atoms with Gasteiger partial charge < -0.3 is 14.0 Å². The SMILES string of the molecule is Cn1c(=S)n(CN2CCN(c3ncccc3C#N)CC2)c2ccccc21. The summed E-state index contributed by atoms with van der Waals surface area (Å²) in [5.74, 6) is 0.788. The highest BCUT2D eigenvalue weighted by Crippen LogP contribution is 2.20. The topological polar surface area (TPSA) is 53.0 Å². The van der Waals surface area contributed by atoms with Crippen LogP contribution in [0.3, 0.4) is 0 Å². The smallest absolute Gasteiger partial charge is 0.181 e. The third kappa shape index (κ3) is 2.87. The molecule has 0 unspecified atom stereocenters. The van der Waals surface area contributed by atoms with E-state index in [4.69, 9.17) is 12.2 Å². The Hall–Kier alpha value is -2.69. The molecule has 0 spiro atoms. The number of benzene rings is 1. The van der Waals surface area contributed by atoms with Crippen molar-refractivity contribution in [2.45, 2.75) is 6.67 Å². The van der Waals surface area contributed by atoms with Crippen molar-refractivity contribution < 1.29 is 0 Å². The molecular weight excluding hydrogens is 344 g/mol. The Morgan fingerprint density at radius 3 is 2.54 bits per heavy atom. The van der Waals surface area contributed by atoms with Gasteiger partial charge in [0.1, 0.15) is 11.9 Å². The standard InChI is InChI=1S/C19H20N6S/c1-22-16-6-2-3-7-17(16)25(19(22)26)14-23-9-11-24(12-10-23)18-15(13-20)5-4-8-21-18/h2-8H,9-12,14H2,1H3.